The van der Waals surface area contributed by atoms with E-state index < -0.39 is 0 Å². The van der Waals surface area contributed by atoms with Crippen LogP contribution in [0.4, 0.5) is 0 Å². The van der Waals surface area contributed by atoms with E-state index in [1.807, 2.05) is 36.6 Å². The van der Waals surface area contributed by atoms with E-state index in [4.69, 9.17) is 10.6 Å². The summed E-state index contributed by atoms with van der Waals surface area (Å²) in [7, 11) is 0. The molecule has 1 aromatic heterocycles. The standard InChI is InChI=1S/C13H16N2OS/c1-2-16-12-6-4-3-5-11(12)13(15-14)10-7-8-17-9-10/h3-9,13,15H,2,14H2,1H3. The quantitative estimate of drug-likeness (QED) is 0.632. The third-order valence-corrected chi connectivity index (χ3v) is 3.27. The van der Waals surface area contributed by atoms with Crippen molar-refractivity contribution in [2.75, 3.05) is 6.61 Å². The van der Waals surface area contributed by atoms with Gasteiger partial charge in [-0.1, -0.05) is 18.2 Å². The van der Waals surface area contributed by atoms with Crippen molar-refractivity contribution in [1.82, 2.24) is 5.43 Å². The molecule has 0 aliphatic heterocycles. The van der Waals surface area contributed by atoms with Crippen molar-refractivity contribution in [2.45, 2.75) is 13.0 Å². The molecule has 0 spiro atoms. The first-order valence-electron chi connectivity index (χ1n) is 5.56. The number of para-hydroxylation sites is 1. The first-order chi connectivity index (χ1) is 8.36. The highest BCUT2D eigenvalue weighted by Crippen LogP contribution is 2.30. The number of benzene rings is 1. The number of hydrogen-bond acceptors (Lipinski definition) is 4. The van der Waals surface area contributed by atoms with E-state index in [0.717, 1.165) is 16.9 Å². The summed E-state index contributed by atoms with van der Waals surface area (Å²) in [5.74, 6) is 6.54. The Balaban J connectivity index is 2.37. The average molecular weight is 248 g/mol. The molecule has 0 bridgehead atoms. The third-order valence-electron chi connectivity index (χ3n) is 2.57. The monoisotopic (exact) mass is 248 g/mol. The lowest BCUT2D eigenvalue weighted by Gasteiger charge is -2.18. The molecule has 0 saturated carbocycles. The van der Waals surface area contributed by atoms with Crippen LogP contribution < -0.4 is 16.0 Å². The first kappa shape index (κ1) is 12.1. The van der Waals surface area contributed by atoms with E-state index in [1.54, 1.807) is 11.3 Å². The van der Waals surface area contributed by atoms with Crippen molar-refractivity contribution < 1.29 is 4.74 Å². The van der Waals surface area contributed by atoms with Crippen LogP contribution in [0, 0.1) is 0 Å². The van der Waals surface area contributed by atoms with Crippen molar-refractivity contribution in [1.29, 1.82) is 0 Å². The SMILES string of the molecule is CCOc1ccccc1C(NN)c1ccsc1. The maximum absolute atomic E-state index is 5.66. The normalized spacial score (nSPS) is 12.4. The lowest BCUT2D eigenvalue weighted by molar-refractivity contribution is 0.333. The van der Waals surface area contributed by atoms with Crippen molar-refractivity contribution in [3.63, 3.8) is 0 Å². The second-order valence-electron chi connectivity index (χ2n) is 3.63. The number of nitrogens with two attached hydrogens (primary N) is 1. The van der Waals surface area contributed by atoms with Gasteiger partial charge in [-0.05, 0) is 35.4 Å². The lowest BCUT2D eigenvalue weighted by Crippen LogP contribution is -2.28. The van der Waals surface area contributed by atoms with E-state index in [9.17, 15) is 0 Å². The molecule has 90 valence electrons. The summed E-state index contributed by atoms with van der Waals surface area (Å²) in [6, 6.07) is 10.0. The van der Waals surface area contributed by atoms with Gasteiger partial charge < -0.3 is 4.74 Å². The third kappa shape index (κ3) is 2.66. The maximum Gasteiger partial charge on any atom is 0.124 e. The zero-order chi connectivity index (χ0) is 12.1. The van der Waals surface area contributed by atoms with Gasteiger partial charge in [0.15, 0.2) is 0 Å². The highest BCUT2D eigenvalue weighted by molar-refractivity contribution is 7.08. The summed E-state index contributed by atoms with van der Waals surface area (Å²) >= 11 is 1.66. The van der Waals surface area contributed by atoms with E-state index >= 15 is 0 Å². The molecular weight excluding hydrogens is 232 g/mol. The predicted octanol–water partition coefficient (Wildman–Crippen LogP) is 2.70. The zero-order valence-electron chi connectivity index (χ0n) is 9.72. The van der Waals surface area contributed by atoms with E-state index in [-0.39, 0.29) is 6.04 Å². The first-order valence-corrected chi connectivity index (χ1v) is 6.51. The highest BCUT2D eigenvalue weighted by atomic mass is 32.1. The van der Waals surface area contributed by atoms with Crippen molar-refractivity contribution in [2.24, 2.45) is 5.84 Å². The molecule has 0 fully saturated rings. The Morgan fingerprint density at radius 2 is 2.18 bits per heavy atom. The number of ether oxygens (including phenoxy) is 1. The molecular formula is C13H16N2OS. The number of thiophene rings is 1. The van der Waals surface area contributed by atoms with E-state index in [1.165, 1.54) is 0 Å². The van der Waals surface area contributed by atoms with Gasteiger partial charge in [0.05, 0.1) is 12.6 Å². The molecule has 2 rings (SSSR count). The van der Waals surface area contributed by atoms with Gasteiger partial charge in [0.25, 0.3) is 0 Å². The second kappa shape index (κ2) is 5.82. The fraction of sp³-hybridized carbons (Fsp3) is 0.231. The Kier molecular flexibility index (Phi) is 4.14. The van der Waals surface area contributed by atoms with E-state index in [2.05, 4.69) is 16.9 Å². The number of hydrazine groups is 1. The summed E-state index contributed by atoms with van der Waals surface area (Å²) in [5.41, 5.74) is 5.07. The largest absolute Gasteiger partial charge is 0.494 e. The summed E-state index contributed by atoms with van der Waals surface area (Å²) in [5, 5.41) is 4.14. The van der Waals surface area contributed by atoms with Gasteiger partial charge in [-0.2, -0.15) is 11.3 Å². The van der Waals surface area contributed by atoms with Gasteiger partial charge >= 0.3 is 0 Å². The van der Waals surface area contributed by atoms with Crippen LogP contribution in [0.2, 0.25) is 0 Å². The topological polar surface area (TPSA) is 47.3 Å². The number of rotatable bonds is 5. The second-order valence-corrected chi connectivity index (χ2v) is 4.41. The van der Waals surface area contributed by atoms with Crippen LogP contribution in [0.3, 0.4) is 0 Å². The van der Waals surface area contributed by atoms with Crippen LogP contribution in [0.15, 0.2) is 41.1 Å². The summed E-state index contributed by atoms with van der Waals surface area (Å²) in [6.07, 6.45) is 0. The molecule has 0 amide bonds. The molecule has 1 heterocycles. The van der Waals surface area contributed by atoms with Crippen LogP contribution in [0.1, 0.15) is 24.1 Å². The smallest absolute Gasteiger partial charge is 0.124 e. The average Bonchev–Trinajstić information content (AvgIpc) is 2.86. The fourth-order valence-corrected chi connectivity index (χ4v) is 2.50. The Hall–Kier alpha value is -1.36. The van der Waals surface area contributed by atoms with Gasteiger partial charge in [0.2, 0.25) is 0 Å². The van der Waals surface area contributed by atoms with Gasteiger partial charge in [-0.3, -0.25) is 5.84 Å². The minimum absolute atomic E-state index is 0.0241. The summed E-state index contributed by atoms with van der Waals surface area (Å²) in [4.78, 5) is 0. The number of hydrogen-bond donors (Lipinski definition) is 2. The summed E-state index contributed by atoms with van der Waals surface area (Å²) < 4.78 is 5.63. The van der Waals surface area contributed by atoms with Gasteiger partial charge in [-0.25, -0.2) is 5.43 Å². The van der Waals surface area contributed by atoms with Crippen LogP contribution in [-0.4, -0.2) is 6.61 Å². The Morgan fingerprint density at radius 1 is 1.35 bits per heavy atom. The molecule has 0 aliphatic rings. The molecule has 3 nitrogen and oxygen atoms in total. The van der Waals surface area contributed by atoms with Gasteiger partial charge in [-0.15, -0.1) is 0 Å². The zero-order valence-corrected chi connectivity index (χ0v) is 10.5. The Morgan fingerprint density at radius 3 is 2.82 bits per heavy atom. The van der Waals surface area contributed by atoms with Gasteiger partial charge in [0.1, 0.15) is 5.75 Å². The van der Waals surface area contributed by atoms with Crippen LogP contribution in [0.5, 0.6) is 5.75 Å². The molecule has 0 radical (unpaired) electrons. The van der Waals surface area contributed by atoms with Crippen LogP contribution in [0.25, 0.3) is 0 Å². The van der Waals surface area contributed by atoms with Crippen LogP contribution >= 0.6 is 11.3 Å². The van der Waals surface area contributed by atoms with Crippen molar-refractivity contribution in [3.05, 3.63) is 52.2 Å². The molecule has 3 N–H and O–H groups in total. The molecule has 0 saturated heterocycles. The Bertz CT molecular complexity index is 456. The fourth-order valence-electron chi connectivity index (χ4n) is 1.81. The molecule has 4 heteroatoms. The van der Waals surface area contributed by atoms with Crippen molar-refractivity contribution in [3.8, 4) is 5.75 Å². The minimum atomic E-state index is -0.0241. The highest BCUT2D eigenvalue weighted by Gasteiger charge is 2.16. The van der Waals surface area contributed by atoms with Crippen LogP contribution in [-0.2, 0) is 0 Å². The predicted molar refractivity (Wildman–Crippen MR) is 71.1 cm³/mol. The lowest BCUT2D eigenvalue weighted by atomic mass is 10.0. The molecule has 17 heavy (non-hydrogen) atoms. The Labute approximate surface area is 105 Å². The van der Waals surface area contributed by atoms with Crippen molar-refractivity contribution >= 4 is 11.3 Å². The molecule has 1 unspecified atom stereocenters. The van der Waals surface area contributed by atoms with E-state index in [0.29, 0.717) is 6.61 Å². The molecule has 1 aromatic carbocycles. The molecule has 1 atom stereocenters. The van der Waals surface area contributed by atoms with Gasteiger partial charge in [0, 0.05) is 5.56 Å². The molecule has 2 aromatic rings. The number of nitrogens with one attached hydrogen (secondary N) is 1. The molecule has 0 aliphatic carbocycles. The summed E-state index contributed by atoms with van der Waals surface area (Å²) in [6.45, 7) is 2.63. The maximum atomic E-state index is 5.66. The minimum Gasteiger partial charge on any atom is -0.494 e.